The summed E-state index contributed by atoms with van der Waals surface area (Å²) in [6.07, 6.45) is 63.6. The molecule has 0 amide bonds. The van der Waals surface area contributed by atoms with Crippen molar-refractivity contribution >= 4 is 17.9 Å². The fourth-order valence-electron chi connectivity index (χ4n) is 6.09. The van der Waals surface area contributed by atoms with Gasteiger partial charge in [0.2, 0.25) is 0 Å². The molecule has 0 aliphatic carbocycles. The van der Waals surface area contributed by atoms with Crippen LogP contribution in [0.1, 0.15) is 194 Å². The first kappa shape index (κ1) is 56.1. The van der Waals surface area contributed by atoms with Gasteiger partial charge in [0.1, 0.15) is 13.2 Å². The normalized spacial score (nSPS) is 13.1. The van der Waals surface area contributed by atoms with Crippen LogP contribution in [-0.4, -0.2) is 37.2 Å². The lowest BCUT2D eigenvalue weighted by atomic mass is 10.1. The number of hydrogen-bond donors (Lipinski definition) is 0. The number of esters is 3. The molecule has 0 bridgehead atoms. The van der Waals surface area contributed by atoms with Crippen molar-refractivity contribution in [2.75, 3.05) is 13.2 Å². The maximum absolute atomic E-state index is 12.7. The van der Waals surface area contributed by atoms with Crippen LogP contribution in [-0.2, 0) is 28.6 Å². The van der Waals surface area contributed by atoms with Gasteiger partial charge in [0.05, 0.1) is 0 Å². The smallest absolute Gasteiger partial charge is 0.306 e. The Morgan fingerprint density at radius 2 is 0.767 bits per heavy atom. The molecular weight excluding hydrogens is 745 g/mol. The Morgan fingerprint density at radius 1 is 0.367 bits per heavy atom. The van der Waals surface area contributed by atoms with E-state index in [1.807, 2.05) is 36.5 Å². The van der Waals surface area contributed by atoms with E-state index >= 15 is 0 Å². The van der Waals surface area contributed by atoms with E-state index in [1.165, 1.54) is 51.4 Å². The molecule has 0 heterocycles. The number of carbonyl (C=O) groups excluding carboxylic acids is 3. The van der Waals surface area contributed by atoms with Crippen LogP contribution in [0.15, 0.2) is 109 Å². The van der Waals surface area contributed by atoms with E-state index in [1.54, 1.807) is 0 Å². The quantitative estimate of drug-likeness (QED) is 0.0201. The summed E-state index contributed by atoms with van der Waals surface area (Å²) in [5.74, 6) is -1.03. The van der Waals surface area contributed by atoms with Gasteiger partial charge in [-0.1, -0.05) is 214 Å². The van der Waals surface area contributed by atoms with Gasteiger partial charge in [0, 0.05) is 19.3 Å². The van der Waals surface area contributed by atoms with E-state index in [9.17, 15) is 14.4 Å². The first-order valence-corrected chi connectivity index (χ1v) is 23.9. The summed E-state index contributed by atoms with van der Waals surface area (Å²) in [5, 5.41) is 0. The molecule has 0 aliphatic rings. The van der Waals surface area contributed by atoms with E-state index in [4.69, 9.17) is 14.2 Å². The average molecular weight is 831 g/mol. The van der Waals surface area contributed by atoms with Gasteiger partial charge in [-0.3, -0.25) is 14.4 Å². The summed E-state index contributed by atoms with van der Waals surface area (Å²) in [7, 11) is 0. The fourth-order valence-corrected chi connectivity index (χ4v) is 6.09. The highest BCUT2D eigenvalue weighted by atomic mass is 16.6. The van der Waals surface area contributed by atoms with E-state index in [0.29, 0.717) is 12.8 Å². The second-order valence-corrected chi connectivity index (χ2v) is 15.4. The lowest BCUT2D eigenvalue weighted by molar-refractivity contribution is -0.166. The summed E-state index contributed by atoms with van der Waals surface area (Å²) in [6.45, 7) is 6.27. The highest BCUT2D eigenvalue weighted by Gasteiger charge is 2.19. The summed E-state index contributed by atoms with van der Waals surface area (Å²) in [6, 6.07) is 0. The Kier molecular flexibility index (Phi) is 44.6. The lowest BCUT2D eigenvalue weighted by Gasteiger charge is -2.18. The lowest BCUT2D eigenvalue weighted by Crippen LogP contribution is -2.30. The zero-order valence-corrected chi connectivity index (χ0v) is 38.4. The van der Waals surface area contributed by atoms with Crippen molar-refractivity contribution in [3.8, 4) is 0 Å². The number of unbranched alkanes of at least 4 members (excludes halogenated alkanes) is 15. The van der Waals surface area contributed by atoms with Crippen molar-refractivity contribution in [3.63, 3.8) is 0 Å². The second kappa shape index (κ2) is 47.7. The number of rotatable bonds is 41. The minimum absolute atomic E-state index is 0.112. The molecule has 60 heavy (non-hydrogen) atoms. The Morgan fingerprint density at radius 3 is 1.28 bits per heavy atom. The highest BCUT2D eigenvalue weighted by Crippen LogP contribution is 2.13. The molecule has 0 N–H and O–H groups in total. The van der Waals surface area contributed by atoms with Crippen molar-refractivity contribution in [1.29, 1.82) is 0 Å². The van der Waals surface area contributed by atoms with Crippen molar-refractivity contribution in [2.24, 2.45) is 0 Å². The third-order valence-corrected chi connectivity index (χ3v) is 9.63. The van der Waals surface area contributed by atoms with Gasteiger partial charge >= 0.3 is 17.9 Å². The van der Waals surface area contributed by atoms with Crippen LogP contribution >= 0.6 is 0 Å². The first-order valence-electron chi connectivity index (χ1n) is 23.9. The van der Waals surface area contributed by atoms with Crippen LogP contribution in [0.5, 0.6) is 0 Å². The molecule has 0 aromatic rings. The predicted octanol–water partition coefficient (Wildman–Crippen LogP) is 15.6. The molecule has 0 aromatic carbocycles. The van der Waals surface area contributed by atoms with Gasteiger partial charge < -0.3 is 14.2 Å². The highest BCUT2D eigenvalue weighted by molar-refractivity contribution is 5.71. The predicted molar refractivity (Wildman–Crippen MR) is 256 cm³/mol. The van der Waals surface area contributed by atoms with Gasteiger partial charge in [-0.15, -0.1) is 0 Å². The summed E-state index contributed by atoms with van der Waals surface area (Å²) < 4.78 is 16.7. The van der Waals surface area contributed by atoms with Crippen LogP contribution in [0.2, 0.25) is 0 Å². The Labute approximate surface area is 368 Å². The molecule has 0 spiro atoms. The number of hydrogen-bond acceptors (Lipinski definition) is 6. The van der Waals surface area contributed by atoms with E-state index in [2.05, 4.69) is 93.7 Å². The van der Waals surface area contributed by atoms with Crippen LogP contribution in [0.4, 0.5) is 0 Å². The maximum atomic E-state index is 12.7. The molecule has 0 saturated heterocycles. The molecule has 0 aliphatic heterocycles. The standard InChI is InChI=1S/C54H86O6/c1-4-7-10-13-16-19-22-24-26-28-29-32-35-38-41-44-47-53(56)59-50-51(49-58-52(55)46-43-40-37-34-31-21-18-15-12-9-6-3)60-54(57)48-45-42-39-36-33-30-27-25-23-20-17-14-11-8-5-2/h7-8,10-11,14,16-17,19-20,23-27,29,32,38,41,51H,4-6,9,12-13,15,18,21-22,28,30-31,33-37,39-40,42-50H2,1-3H3/b10-7-,11-8-,17-14-,19-16-,23-20-,26-24-,27-25-,32-29-,41-38-. The molecule has 338 valence electrons. The molecular formula is C54H86O6. The molecule has 0 aromatic heterocycles. The molecule has 0 rings (SSSR count). The molecule has 6 nitrogen and oxygen atoms in total. The van der Waals surface area contributed by atoms with Crippen LogP contribution in [0.3, 0.4) is 0 Å². The SMILES string of the molecule is CC\C=C/C=C\C=C/C=C\CCCCCCCC(=O)OC(COC(=O)CC/C=C\C/C=C\C/C=C\C/C=C\C/C=C\CC)COC(=O)CCCCCCCCCCCCC. The summed E-state index contributed by atoms with van der Waals surface area (Å²) in [4.78, 5) is 37.8. The van der Waals surface area contributed by atoms with E-state index < -0.39 is 6.10 Å². The Bertz CT molecular complexity index is 1280. The first-order chi connectivity index (χ1) is 29.5. The topological polar surface area (TPSA) is 78.9 Å². The molecule has 0 saturated carbocycles. The number of ether oxygens (including phenoxy) is 3. The van der Waals surface area contributed by atoms with Gasteiger partial charge in [-0.2, -0.15) is 0 Å². The van der Waals surface area contributed by atoms with Gasteiger partial charge in [-0.25, -0.2) is 0 Å². The fraction of sp³-hybridized carbons (Fsp3) is 0.611. The molecule has 0 fully saturated rings. The number of carbonyl (C=O) groups is 3. The van der Waals surface area contributed by atoms with Crippen molar-refractivity contribution < 1.29 is 28.6 Å². The largest absolute Gasteiger partial charge is 0.462 e. The summed E-state index contributed by atoms with van der Waals surface area (Å²) in [5.41, 5.74) is 0. The monoisotopic (exact) mass is 831 g/mol. The number of allylic oxidation sites excluding steroid dienone is 18. The van der Waals surface area contributed by atoms with Gasteiger partial charge in [0.25, 0.3) is 0 Å². The maximum Gasteiger partial charge on any atom is 0.306 e. The van der Waals surface area contributed by atoms with E-state index in [0.717, 1.165) is 96.3 Å². The second-order valence-electron chi connectivity index (χ2n) is 15.4. The third kappa shape index (κ3) is 45.2. The molecule has 1 unspecified atom stereocenters. The molecule has 6 heteroatoms. The Hall–Kier alpha value is -3.93. The Balaban J connectivity index is 4.55. The van der Waals surface area contributed by atoms with Crippen LogP contribution < -0.4 is 0 Å². The minimum Gasteiger partial charge on any atom is -0.462 e. The third-order valence-electron chi connectivity index (χ3n) is 9.63. The van der Waals surface area contributed by atoms with Gasteiger partial charge in [0.15, 0.2) is 6.10 Å². The van der Waals surface area contributed by atoms with E-state index in [-0.39, 0.29) is 44.0 Å². The van der Waals surface area contributed by atoms with Gasteiger partial charge in [-0.05, 0) is 70.6 Å². The van der Waals surface area contributed by atoms with Crippen molar-refractivity contribution in [2.45, 2.75) is 200 Å². The van der Waals surface area contributed by atoms with Crippen LogP contribution in [0.25, 0.3) is 0 Å². The summed E-state index contributed by atoms with van der Waals surface area (Å²) >= 11 is 0. The molecule has 1 atom stereocenters. The zero-order chi connectivity index (χ0) is 43.7. The zero-order valence-electron chi connectivity index (χ0n) is 38.4. The minimum atomic E-state index is -0.819. The van der Waals surface area contributed by atoms with Crippen molar-refractivity contribution in [3.05, 3.63) is 109 Å². The van der Waals surface area contributed by atoms with Crippen LogP contribution in [0, 0.1) is 0 Å². The van der Waals surface area contributed by atoms with Crippen molar-refractivity contribution in [1.82, 2.24) is 0 Å². The average Bonchev–Trinajstić information content (AvgIpc) is 3.24. The molecule has 0 radical (unpaired) electrons.